The van der Waals surface area contributed by atoms with Crippen molar-refractivity contribution in [1.29, 1.82) is 0 Å². The van der Waals surface area contributed by atoms with Crippen molar-refractivity contribution in [3.8, 4) is 11.4 Å². The fourth-order valence-electron chi connectivity index (χ4n) is 2.11. The predicted molar refractivity (Wildman–Crippen MR) is 72.1 cm³/mol. The summed E-state index contributed by atoms with van der Waals surface area (Å²) in [4.78, 5) is 0. The maximum absolute atomic E-state index is 5.76. The topological polar surface area (TPSA) is 53.1 Å². The number of ether oxygens (including phenoxy) is 1. The summed E-state index contributed by atoms with van der Waals surface area (Å²) in [6, 6.07) is 7.91. The highest BCUT2D eigenvalue weighted by Crippen LogP contribution is 2.25. The maximum Gasteiger partial charge on any atom is 0.144 e. The highest BCUT2D eigenvalue weighted by molar-refractivity contribution is 5.48. The van der Waals surface area contributed by atoms with Gasteiger partial charge in [0.1, 0.15) is 11.4 Å². The van der Waals surface area contributed by atoms with E-state index in [2.05, 4.69) is 5.10 Å². The van der Waals surface area contributed by atoms with Crippen molar-refractivity contribution in [2.75, 3.05) is 6.61 Å². The summed E-state index contributed by atoms with van der Waals surface area (Å²) in [6.45, 7) is 7.14. The second-order valence-corrected chi connectivity index (χ2v) is 4.17. The van der Waals surface area contributed by atoms with E-state index in [0.29, 0.717) is 13.2 Å². The molecule has 2 rings (SSSR count). The Labute approximate surface area is 107 Å². The molecule has 2 N–H and O–H groups in total. The van der Waals surface area contributed by atoms with Crippen LogP contribution in [0.25, 0.3) is 5.69 Å². The molecule has 0 atom stereocenters. The summed E-state index contributed by atoms with van der Waals surface area (Å²) < 4.78 is 7.54. The number of rotatable bonds is 4. The van der Waals surface area contributed by atoms with Crippen LogP contribution in [0.3, 0.4) is 0 Å². The van der Waals surface area contributed by atoms with Crippen molar-refractivity contribution in [2.45, 2.75) is 27.3 Å². The van der Waals surface area contributed by atoms with E-state index in [0.717, 1.165) is 28.4 Å². The van der Waals surface area contributed by atoms with Crippen LogP contribution in [0.1, 0.15) is 23.9 Å². The van der Waals surface area contributed by atoms with Gasteiger partial charge >= 0.3 is 0 Å². The number of nitrogens with two attached hydrogens (primary N) is 1. The standard InChI is InChI=1S/C14H19N3O/c1-4-18-14-8-6-5-7-13(14)17-11(3)12(9-15)10(2)16-17/h5-8H,4,9,15H2,1-3H3. The summed E-state index contributed by atoms with van der Waals surface area (Å²) in [5, 5.41) is 4.55. The lowest BCUT2D eigenvalue weighted by Gasteiger charge is -2.11. The molecule has 18 heavy (non-hydrogen) atoms. The van der Waals surface area contributed by atoms with E-state index in [1.807, 2.05) is 49.7 Å². The van der Waals surface area contributed by atoms with Gasteiger partial charge in [0.2, 0.25) is 0 Å². The van der Waals surface area contributed by atoms with Crippen LogP contribution < -0.4 is 10.5 Å². The Balaban J connectivity index is 2.55. The van der Waals surface area contributed by atoms with Crippen LogP contribution in [0.5, 0.6) is 5.75 Å². The second kappa shape index (κ2) is 5.23. The minimum absolute atomic E-state index is 0.508. The molecule has 0 saturated heterocycles. The van der Waals surface area contributed by atoms with Crippen molar-refractivity contribution in [1.82, 2.24) is 9.78 Å². The maximum atomic E-state index is 5.76. The van der Waals surface area contributed by atoms with Crippen molar-refractivity contribution >= 4 is 0 Å². The molecule has 1 aromatic carbocycles. The number of hydrogen-bond donors (Lipinski definition) is 1. The summed E-state index contributed by atoms with van der Waals surface area (Å²) >= 11 is 0. The van der Waals surface area contributed by atoms with Crippen LogP contribution in [-0.2, 0) is 6.54 Å². The van der Waals surface area contributed by atoms with Crippen molar-refractivity contribution in [2.24, 2.45) is 5.73 Å². The Kier molecular flexibility index (Phi) is 3.67. The lowest BCUT2D eigenvalue weighted by atomic mass is 10.2. The lowest BCUT2D eigenvalue weighted by Crippen LogP contribution is -2.04. The molecule has 2 aromatic rings. The molecule has 0 aliphatic rings. The number of benzene rings is 1. The molecule has 0 amide bonds. The van der Waals surface area contributed by atoms with Crippen LogP contribution >= 0.6 is 0 Å². The third kappa shape index (κ3) is 2.11. The largest absolute Gasteiger partial charge is 0.492 e. The van der Waals surface area contributed by atoms with Crippen LogP contribution in [0.15, 0.2) is 24.3 Å². The molecule has 0 spiro atoms. The van der Waals surface area contributed by atoms with Crippen LogP contribution in [-0.4, -0.2) is 16.4 Å². The van der Waals surface area contributed by atoms with E-state index in [1.165, 1.54) is 0 Å². The molecule has 0 aliphatic heterocycles. The molecule has 0 saturated carbocycles. The summed E-state index contributed by atoms with van der Waals surface area (Å²) in [5.74, 6) is 0.842. The van der Waals surface area contributed by atoms with E-state index >= 15 is 0 Å². The molecular formula is C14H19N3O. The van der Waals surface area contributed by atoms with Crippen molar-refractivity contribution in [3.05, 3.63) is 41.2 Å². The third-order valence-electron chi connectivity index (χ3n) is 3.04. The monoisotopic (exact) mass is 245 g/mol. The molecule has 1 heterocycles. The van der Waals surface area contributed by atoms with Gasteiger partial charge in [-0.25, -0.2) is 4.68 Å². The Morgan fingerprint density at radius 3 is 2.61 bits per heavy atom. The van der Waals surface area contributed by atoms with Gasteiger partial charge in [-0.3, -0.25) is 0 Å². The van der Waals surface area contributed by atoms with Crippen LogP contribution in [0.2, 0.25) is 0 Å². The normalized spacial score (nSPS) is 10.7. The van der Waals surface area contributed by atoms with Gasteiger partial charge in [-0.1, -0.05) is 12.1 Å². The number of aryl methyl sites for hydroxylation is 1. The minimum Gasteiger partial charge on any atom is -0.492 e. The molecule has 0 fully saturated rings. The molecule has 1 aromatic heterocycles. The van der Waals surface area contributed by atoms with Gasteiger partial charge in [-0.15, -0.1) is 0 Å². The number of aromatic nitrogens is 2. The lowest BCUT2D eigenvalue weighted by molar-refractivity contribution is 0.338. The molecule has 0 bridgehead atoms. The summed E-state index contributed by atoms with van der Waals surface area (Å²) in [6.07, 6.45) is 0. The van der Waals surface area contributed by atoms with E-state index in [1.54, 1.807) is 0 Å². The second-order valence-electron chi connectivity index (χ2n) is 4.17. The molecular weight excluding hydrogens is 226 g/mol. The fraction of sp³-hybridized carbons (Fsp3) is 0.357. The van der Waals surface area contributed by atoms with E-state index in [4.69, 9.17) is 10.5 Å². The smallest absolute Gasteiger partial charge is 0.144 e. The van der Waals surface area contributed by atoms with Crippen LogP contribution in [0.4, 0.5) is 0 Å². The number of nitrogens with zero attached hydrogens (tertiary/aromatic N) is 2. The highest BCUT2D eigenvalue weighted by atomic mass is 16.5. The predicted octanol–water partition coefficient (Wildman–Crippen LogP) is 2.35. The van der Waals surface area contributed by atoms with Crippen molar-refractivity contribution in [3.63, 3.8) is 0 Å². The molecule has 4 heteroatoms. The van der Waals surface area contributed by atoms with Gasteiger partial charge < -0.3 is 10.5 Å². The van der Waals surface area contributed by atoms with E-state index < -0.39 is 0 Å². The van der Waals surface area contributed by atoms with Crippen LogP contribution in [0, 0.1) is 13.8 Å². The average Bonchev–Trinajstić information content (AvgIpc) is 2.65. The zero-order chi connectivity index (χ0) is 13.1. The van der Waals surface area contributed by atoms with E-state index in [-0.39, 0.29) is 0 Å². The van der Waals surface area contributed by atoms with Gasteiger partial charge in [-0.05, 0) is 32.9 Å². The van der Waals surface area contributed by atoms with E-state index in [9.17, 15) is 0 Å². The van der Waals surface area contributed by atoms with Crippen molar-refractivity contribution < 1.29 is 4.74 Å². The number of hydrogen-bond acceptors (Lipinski definition) is 3. The Morgan fingerprint density at radius 2 is 2.00 bits per heavy atom. The Hall–Kier alpha value is -1.81. The Morgan fingerprint density at radius 1 is 1.28 bits per heavy atom. The number of para-hydroxylation sites is 2. The molecule has 0 radical (unpaired) electrons. The van der Waals surface area contributed by atoms with Gasteiger partial charge in [0.15, 0.2) is 0 Å². The molecule has 0 aliphatic carbocycles. The average molecular weight is 245 g/mol. The molecule has 96 valence electrons. The SMILES string of the molecule is CCOc1ccccc1-n1nc(C)c(CN)c1C. The first kappa shape index (κ1) is 12.6. The first-order valence-corrected chi connectivity index (χ1v) is 6.16. The van der Waals surface area contributed by atoms with Gasteiger partial charge in [0.05, 0.1) is 12.3 Å². The van der Waals surface area contributed by atoms with Gasteiger partial charge in [-0.2, -0.15) is 5.10 Å². The quantitative estimate of drug-likeness (QED) is 0.899. The molecule has 0 unspecified atom stereocenters. The zero-order valence-corrected chi connectivity index (χ0v) is 11.1. The minimum atomic E-state index is 0.508. The first-order chi connectivity index (χ1) is 8.69. The third-order valence-corrected chi connectivity index (χ3v) is 3.04. The van der Waals surface area contributed by atoms with Gasteiger partial charge in [0, 0.05) is 17.8 Å². The summed E-state index contributed by atoms with van der Waals surface area (Å²) in [5.41, 5.74) is 9.86. The zero-order valence-electron chi connectivity index (χ0n) is 11.1. The van der Waals surface area contributed by atoms with Gasteiger partial charge in [0.25, 0.3) is 0 Å². The fourth-order valence-corrected chi connectivity index (χ4v) is 2.11. The molecule has 4 nitrogen and oxygen atoms in total. The first-order valence-electron chi connectivity index (χ1n) is 6.16. The Bertz CT molecular complexity index is 546. The highest BCUT2D eigenvalue weighted by Gasteiger charge is 2.14. The summed E-state index contributed by atoms with van der Waals surface area (Å²) in [7, 11) is 0.